The predicted octanol–water partition coefficient (Wildman–Crippen LogP) is 8.06. The predicted molar refractivity (Wildman–Crippen MR) is 207 cm³/mol. The van der Waals surface area contributed by atoms with E-state index in [0.29, 0.717) is 42.3 Å². The number of carbonyl (C=O) groups excluding carboxylic acids is 2. The van der Waals surface area contributed by atoms with Crippen LogP contribution in [0.4, 0.5) is 4.79 Å². The summed E-state index contributed by atoms with van der Waals surface area (Å²) in [4.78, 5) is 32.8. The van der Waals surface area contributed by atoms with E-state index in [4.69, 9.17) is 28.9 Å². The number of fused-ring (bicyclic) bond motifs is 2. The van der Waals surface area contributed by atoms with Gasteiger partial charge in [0.15, 0.2) is 0 Å². The van der Waals surface area contributed by atoms with Crippen molar-refractivity contribution in [2.45, 2.75) is 90.4 Å². The molecule has 1 amide bonds. The lowest BCUT2D eigenvalue weighted by atomic mass is 9.55. The molecule has 11 heteroatoms. The maximum absolute atomic E-state index is 13.9. The Morgan fingerprint density at radius 2 is 1.81 bits per heavy atom. The van der Waals surface area contributed by atoms with Crippen LogP contribution in [0.2, 0.25) is 0 Å². The van der Waals surface area contributed by atoms with Crippen molar-refractivity contribution in [1.82, 2.24) is 4.90 Å². The lowest BCUT2D eigenvalue weighted by Gasteiger charge is -2.59. The van der Waals surface area contributed by atoms with Crippen LogP contribution in [0, 0.1) is 23.2 Å². The fraction of sp³-hybridized carbons (Fsp3) is 0.558. The molecule has 0 aromatic heterocycles. The van der Waals surface area contributed by atoms with Gasteiger partial charge in [0.1, 0.15) is 36.2 Å². The number of carbonyl (C=O) groups is 2. The minimum Gasteiger partial charge on any atom is -0.459 e. The first-order valence-electron chi connectivity index (χ1n) is 19.3. The largest absolute Gasteiger partial charge is 0.459 e. The van der Waals surface area contributed by atoms with Gasteiger partial charge in [0.05, 0.1) is 24.8 Å². The fourth-order valence-corrected chi connectivity index (χ4v) is 8.23. The summed E-state index contributed by atoms with van der Waals surface area (Å²) in [6.45, 7) is 12.9. The maximum Gasteiger partial charge on any atom is 0.410 e. The van der Waals surface area contributed by atoms with E-state index < -0.39 is 23.8 Å². The molecule has 0 bridgehead atoms. The number of likely N-dealkylation sites (N-methyl/N-ethyl adjacent to an activating group) is 1. The Bertz CT molecular complexity index is 1670. The van der Waals surface area contributed by atoms with Gasteiger partial charge >= 0.3 is 6.09 Å². The molecule has 2 aliphatic carbocycles. The van der Waals surface area contributed by atoms with Gasteiger partial charge < -0.3 is 38.9 Å². The fourth-order valence-electron chi connectivity index (χ4n) is 8.23. The summed E-state index contributed by atoms with van der Waals surface area (Å²) in [5.74, 6) is -0.116. The highest BCUT2D eigenvalue weighted by Gasteiger charge is 2.65. The third kappa shape index (κ3) is 9.18. The van der Waals surface area contributed by atoms with Crippen molar-refractivity contribution in [2.24, 2.45) is 28.3 Å². The van der Waals surface area contributed by atoms with E-state index >= 15 is 0 Å². The van der Waals surface area contributed by atoms with E-state index in [2.05, 4.69) is 12.7 Å². The van der Waals surface area contributed by atoms with Crippen molar-refractivity contribution in [3.05, 3.63) is 77.9 Å². The molecule has 2 N–H and O–H groups in total. The summed E-state index contributed by atoms with van der Waals surface area (Å²) in [7, 11) is 1.72. The molecule has 294 valence electrons. The quantitative estimate of drug-likeness (QED) is 0.0672. The Labute approximate surface area is 319 Å². The summed E-state index contributed by atoms with van der Waals surface area (Å²) >= 11 is 0. The lowest BCUT2D eigenvalue weighted by Crippen LogP contribution is -2.69. The van der Waals surface area contributed by atoms with Crippen molar-refractivity contribution < 1.29 is 43.6 Å². The van der Waals surface area contributed by atoms with Crippen LogP contribution in [0.25, 0.3) is 0 Å². The molecule has 5 rings (SSSR count). The van der Waals surface area contributed by atoms with Crippen LogP contribution in [0.1, 0.15) is 94.5 Å². The average Bonchev–Trinajstić information content (AvgIpc) is 3.16. The average molecular weight is 747 g/mol. The highest BCUT2D eigenvalue weighted by Crippen LogP contribution is 2.62. The third-order valence-electron chi connectivity index (χ3n) is 10.6. The Balaban J connectivity index is 1.73. The van der Waals surface area contributed by atoms with Gasteiger partial charge in [-0.2, -0.15) is 0 Å². The third-order valence-corrected chi connectivity index (χ3v) is 10.6. The highest BCUT2D eigenvalue weighted by molar-refractivity contribution is 6.02. The number of hydrogen-bond donors (Lipinski definition) is 2. The van der Waals surface area contributed by atoms with Gasteiger partial charge in [0.25, 0.3) is 0 Å². The zero-order valence-corrected chi connectivity index (χ0v) is 32.5. The number of nitrogens with zero attached hydrogens (tertiary/aromatic N) is 2. The first kappa shape index (κ1) is 41.0. The van der Waals surface area contributed by atoms with Crippen molar-refractivity contribution in [2.75, 3.05) is 40.1 Å². The van der Waals surface area contributed by atoms with Gasteiger partial charge in [-0.3, -0.25) is 4.79 Å². The van der Waals surface area contributed by atoms with E-state index in [1.807, 2.05) is 52.0 Å². The molecule has 0 unspecified atom stereocenters. The first-order chi connectivity index (χ1) is 26.0. The molecule has 2 aromatic rings. The summed E-state index contributed by atoms with van der Waals surface area (Å²) in [6.07, 6.45) is 9.21. The summed E-state index contributed by atoms with van der Waals surface area (Å²) in [5, 5.41) is 24.3. The van der Waals surface area contributed by atoms with Gasteiger partial charge in [-0.15, -0.1) is 6.58 Å². The van der Waals surface area contributed by atoms with E-state index in [9.17, 15) is 19.8 Å². The van der Waals surface area contributed by atoms with Crippen LogP contribution in [0.15, 0.2) is 71.9 Å². The molecule has 0 radical (unpaired) electrons. The van der Waals surface area contributed by atoms with Gasteiger partial charge in [-0.25, -0.2) is 4.79 Å². The van der Waals surface area contributed by atoms with Crippen LogP contribution >= 0.6 is 0 Å². The SMILES string of the molecule is C=CCO[C@@]12Oc3ccc(Oc4cccc(C=O)c4)cc3[C@H]3[C@H](CCCCO)[C@@H](CCCCO)C=C(C(=NOCC)C[C@@H]1N(C)C(=O)OCC(C)(C)C)[C@H]32. The molecule has 0 saturated heterocycles. The number of rotatable bonds is 18. The maximum atomic E-state index is 13.9. The number of allylic oxidation sites excluding steroid dienone is 1. The number of ether oxygens (including phenoxy) is 4. The number of aliphatic hydroxyl groups is 2. The van der Waals surface area contributed by atoms with E-state index in [1.54, 1.807) is 36.2 Å². The second-order valence-electron chi connectivity index (χ2n) is 15.7. The van der Waals surface area contributed by atoms with E-state index in [0.717, 1.165) is 48.8 Å². The molecule has 1 aliphatic heterocycles. The number of oxime groups is 1. The van der Waals surface area contributed by atoms with Gasteiger partial charge in [0, 0.05) is 43.7 Å². The molecule has 54 heavy (non-hydrogen) atoms. The highest BCUT2D eigenvalue weighted by atomic mass is 16.7. The monoisotopic (exact) mass is 746 g/mol. The zero-order chi connectivity index (χ0) is 38.9. The first-order valence-corrected chi connectivity index (χ1v) is 19.3. The summed E-state index contributed by atoms with van der Waals surface area (Å²) in [5.41, 5.74) is 2.87. The Hall–Kier alpha value is -4.19. The molecular weight excluding hydrogens is 688 g/mol. The normalized spacial score (nSPS) is 25.1. The lowest BCUT2D eigenvalue weighted by molar-refractivity contribution is -0.253. The summed E-state index contributed by atoms with van der Waals surface area (Å²) < 4.78 is 26.3. The van der Waals surface area contributed by atoms with E-state index in [1.165, 1.54) is 0 Å². The minimum absolute atomic E-state index is 0.0669. The van der Waals surface area contributed by atoms with Crippen molar-refractivity contribution in [1.29, 1.82) is 0 Å². The number of aldehydes is 1. The van der Waals surface area contributed by atoms with Crippen LogP contribution in [-0.2, 0) is 14.3 Å². The molecule has 1 heterocycles. The topological polar surface area (TPSA) is 136 Å². The molecular formula is C43H58N2O9. The smallest absolute Gasteiger partial charge is 0.410 e. The number of aliphatic hydroxyl groups excluding tert-OH is 2. The van der Waals surface area contributed by atoms with Gasteiger partial charge in [0.2, 0.25) is 5.79 Å². The summed E-state index contributed by atoms with van der Waals surface area (Å²) in [6, 6.07) is 12.1. The number of amides is 1. The number of benzene rings is 2. The standard InChI is InChI=1S/C43H58N2O9/c1-7-22-51-43-38(45(6)41(49)50-28-42(3,4)5)26-36(44-52-8-2)34-24-30(15-9-11-20-46)33(17-10-12-21-47)39(40(34)43)35-25-32(18-19-37(35)54-43)53-31-16-13-14-29(23-31)27-48/h7,13-14,16,18-19,23-25,27,30,33,38-40,46-47H,1,8-12,15,17,20-22,26,28H2,2-6H3/t30-,33+,38-,39+,40+,43+/m0/s1. The molecule has 11 nitrogen and oxygen atoms in total. The Morgan fingerprint density at radius 3 is 2.50 bits per heavy atom. The Morgan fingerprint density at radius 1 is 1.07 bits per heavy atom. The Kier molecular flexibility index (Phi) is 14.0. The minimum atomic E-state index is -1.37. The van der Waals surface area contributed by atoms with E-state index in [-0.39, 0.29) is 56.0 Å². The van der Waals surface area contributed by atoms with Crippen LogP contribution < -0.4 is 9.47 Å². The second kappa shape index (κ2) is 18.4. The van der Waals surface area contributed by atoms with Crippen LogP contribution in [0.5, 0.6) is 17.2 Å². The number of unbranched alkanes of at least 4 members (excludes halogenated alkanes) is 2. The van der Waals surface area contributed by atoms with Crippen molar-refractivity contribution in [3.63, 3.8) is 0 Å². The zero-order valence-electron chi connectivity index (χ0n) is 32.5. The van der Waals surface area contributed by atoms with Gasteiger partial charge in [-0.05, 0) is 85.8 Å². The molecule has 1 fully saturated rings. The molecule has 3 aliphatic rings. The molecule has 2 aromatic carbocycles. The van der Waals surface area contributed by atoms with Crippen molar-refractivity contribution in [3.8, 4) is 17.2 Å². The van der Waals surface area contributed by atoms with Crippen molar-refractivity contribution >= 4 is 18.1 Å². The van der Waals surface area contributed by atoms with Gasteiger partial charge in [-0.1, -0.05) is 63.1 Å². The number of hydrogen-bond acceptors (Lipinski definition) is 10. The molecule has 0 spiro atoms. The molecule has 1 saturated carbocycles. The molecule has 6 atom stereocenters. The van der Waals surface area contributed by atoms with Crippen LogP contribution in [0.3, 0.4) is 0 Å². The second-order valence-corrected chi connectivity index (χ2v) is 15.7. The van der Waals surface area contributed by atoms with Crippen LogP contribution in [-0.4, -0.2) is 85.1 Å².